The summed E-state index contributed by atoms with van der Waals surface area (Å²) in [6.45, 7) is 1.30. The van der Waals surface area contributed by atoms with Crippen molar-refractivity contribution in [3.05, 3.63) is 75.7 Å². The van der Waals surface area contributed by atoms with Gasteiger partial charge < -0.3 is 5.11 Å². The van der Waals surface area contributed by atoms with E-state index in [0.29, 0.717) is 11.3 Å². The first-order valence-electron chi connectivity index (χ1n) is 7.19. The number of nitrogens with zero attached hydrogens (tertiary/aromatic N) is 1. The van der Waals surface area contributed by atoms with Crippen molar-refractivity contribution in [3.63, 3.8) is 0 Å². The molecule has 0 aromatic heterocycles. The van der Waals surface area contributed by atoms with Crippen LogP contribution < -0.4 is 4.90 Å². The van der Waals surface area contributed by atoms with E-state index in [1.165, 1.54) is 36.1 Å². The highest BCUT2D eigenvalue weighted by Gasteiger charge is 2.43. The molecule has 0 saturated carbocycles. The molecule has 24 heavy (non-hydrogen) atoms. The van der Waals surface area contributed by atoms with Crippen molar-refractivity contribution in [1.29, 1.82) is 0 Å². The number of rotatable bonds is 3. The largest absolute Gasteiger partial charge is 0.503 e. The minimum atomic E-state index is -0.756. The highest BCUT2D eigenvalue weighted by Crippen LogP contribution is 2.41. The number of anilines is 1. The molecule has 0 unspecified atom stereocenters. The lowest BCUT2D eigenvalue weighted by Gasteiger charge is -2.26. The van der Waals surface area contributed by atoms with Crippen molar-refractivity contribution >= 4 is 33.3 Å². The number of aliphatic hydroxyl groups is 1. The van der Waals surface area contributed by atoms with Crippen LogP contribution >= 0.6 is 15.9 Å². The number of hydrogen-bond donors (Lipinski definition) is 1. The number of carbonyl (C=O) groups is 2. The summed E-state index contributed by atoms with van der Waals surface area (Å²) in [5, 5.41) is 10.2. The Morgan fingerprint density at radius 3 is 2.25 bits per heavy atom. The molecule has 1 amide bonds. The summed E-state index contributed by atoms with van der Waals surface area (Å²) in [6, 6.07) is 11.7. The highest BCUT2D eigenvalue weighted by molar-refractivity contribution is 9.10. The lowest BCUT2D eigenvalue weighted by molar-refractivity contribution is -0.117. The monoisotopic (exact) mass is 389 g/mol. The third-order valence-corrected chi connectivity index (χ3v) is 4.41. The Morgan fingerprint density at radius 1 is 1.12 bits per heavy atom. The fourth-order valence-electron chi connectivity index (χ4n) is 2.79. The van der Waals surface area contributed by atoms with Crippen LogP contribution in [0, 0.1) is 5.82 Å². The summed E-state index contributed by atoms with van der Waals surface area (Å²) >= 11 is 3.34. The second-order valence-electron chi connectivity index (χ2n) is 5.42. The van der Waals surface area contributed by atoms with Gasteiger partial charge in [0.25, 0.3) is 5.91 Å². The van der Waals surface area contributed by atoms with Crippen LogP contribution in [0.15, 0.2) is 64.3 Å². The van der Waals surface area contributed by atoms with Gasteiger partial charge in [-0.3, -0.25) is 14.5 Å². The average Bonchev–Trinajstić information content (AvgIpc) is 2.81. The molecule has 0 saturated heterocycles. The van der Waals surface area contributed by atoms with E-state index in [9.17, 15) is 19.1 Å². The van der Waals surface area contributed by atoms with Gasteiger partial charge in [0.05, 0.1) is 11.6 Å². The van der Waals surface area contributed by atoms with Crippen LogP contribution in [0.3, 0.4) is 0 Å². The van der Waals surface area contributed by atoms with Crippen LogP contribution in [-0.4, -0.2) is 16.8 Å². The summed E-state index contributed by atoms with van der Waals surface area (Å²) < 4.78 is 14.0. The van der Waals surface area contributed by atoms with Crippen LogP contribution in [0.25, 0.3) is 0 Å². The van der Waals surface area contributed by atoms with Gasteiger partial charge in [0.2, 0.25) is 0 Å². The number of aliphatic hydroxyl groups excluding tert-OH is 1. The summed E-state index contributed by atoms with van der Waals surface area (Å²) in [5.74, 6) is -2.08. The van der Waals surface area contributed by atoms with Gasteiger partial charge in [0, 0.05) is 10.2 Å². The average molecular weight is 390 g/mol. The summed E-state index contributed by atoms with van der Waals surface area (Å²) in [4.78, 5) is 25.8. The molecule has 0 spiro atoms. The van der Waals surface area contributed by atoms with Crippen LogP contribution in [0.2, 0.25) is 0 Å². The Hall–Kier alpha value is -2.47. The molecule has 1 aliphatic heterocycles. The highest BCUT2D eigenvalue weighted by atomic mass is 79.9. The normalized spacial score (nSPS) is 17.5. The molecule has 0 bridgehead atoms. The van der Waals surface area contributed by atoms with Crippen molar-refractivity contribution < 1.29 is 19.1 Å². The molecule has 1 heterocycles. The zero-order chi connectivity index (χ0) is 17.4. The smallest absolute Gasteiger partial charge is 0.294 e. The van der Waals surface area contributed by atoms with Gasteiger partial charge in [-0.1, -0.05) is 28.1 Å². The predicted octanol–water partition coefficient (Wildman–Crippen LogP) is 4.08. The quantitative estimate of drug-likeness (QED) is 0.860. The lowest BCUT2D eigenvalue weighted by atomic mass is 9.96. The van der Waals surface area contributed by atoms with E-state index < -0.39 is 29.3 Å². The van der Waals surface area contributed by atoms with Crippen molar-refractivity contribution in [2.75, 3.05) is 4.90 Å². The van der Waals surface area contributed by atoms with Crippen LogP contribution in [0.4, 0.5) is 10.1 Å². The van der Waals surface area contributed by atoms with Gasteiger partial charge >= 0.3 is 0 Å². The molecule has 1 atom stereocenters. The minimum Gasteiger partial charge on any atom is -0.503 e. The van der Waals surface area contributed by atoms with E-state index in [1.807, 2.05) is 0 Å². The first-order valence-corrected chi connectivity index (χ1v) is 7.98. The fourth-order valence-corrected chi connectivity index (χ4v) is 3.06. The molecule has 122 valence electrons. The van der Waals surface area contributed by atoms with Crippen molar-refractivity contribution in [1.82, 2.24) is 0 Å². The molecular weight excluding hydrogens is 377 g/mol. The fraction of sp³-hybridized carbons (Fsp3) is 0.111. The molecular formula is C18H13BrFNO3. The molecule has 0 radical (unpaired) electrons. The molecule has 0 fully saturated rings. The standard InChI is InChI=1S/C18H13BrFNO3/c1-10(22)15-16(11-2-4-12(19)5-3-11)21(18(24)17(15)23)14-8-6-13(20)7-9-14/h2-9,16,23H,1H3/t16-/m0/s1. The van der Waals surface area contributed by atoms with E-state index in [2.05, 4.69) is 15.9 Å². The molecule has 1 aliphatic rings. The SMILES string of the molecule is CC(=O)C1=C(O)C(=O)N(c2ccc(F)cc2)[C@H]1c1ccc(Br)cc1. The maximum atomic E-state index is 13.2. The zero-order valence-electron chi connectivity index (χ0n) is 12.7. The molecule has 0 aliphatic carbocycles. The number of hydrogen-bond acceptors (Lipinski definition) is 3. The van der Waals surface area contributed by atoms with Crippen molar-refractivity contribution in [2.24, 2.45) is 0 Å². The molecule has 6 heteroatoms. The Kier molecular flexibility index (Phi) is 4.24. The third kappa shape index (κ3) is 2.73. The van der Waals surface area contributed by atoms with Gasteiger partial charge in [-0.15, -0.1) is 0 Å². The molecule has 1 N–H and O–H groups in total. The zero-order valence-corrected chi connectivity index (χ0v) is 14.2. The first kappa shape index (κ1) is 16.4. The molecule has 4 nitrogen and oxygen atoms in total. The molecule has 2 aromatic rings. The summed E-state index contributed by atoms with van der Waals surface area (Å²) in [6.07, 6.45) is 0. The van der Waals surface area contributed by atoms with E-state index in [-0.39, 0.29) is 5.57 Å². The van der Waals surface area contributed by atoms with Gasteiger partial charge in [-0.2, -0.15) is 0 Å². The Bertz CT molecular complexity index is 844. The molecule has 3 rings (SSSR count). The van der Waals surface area contributed by atoms with E-state index in [0.717, 1.165) is 4.47 Å². The van der Waals surface area contributed by atoms with Crippen LogP contribution in [0.5, 0.6) is 0 Å². The summed E-state index contributed by atoms with van der Waals surface area (Å²) in [7, 11) is 0. The van der Waals surface area contributed by atoms with Crippen LogP contribution in [-0.2, 0) is 9.59 Å². The Labute approximate surface area is 146 Å². The van der Waals surface area contributed by atoms with Gasteiger partial charge in [-0.25, -0.2) is 4.39 Å². The van der Waals surface area contributed by atoms with Crippen molar-refractivity contribution in [3.8, 4) is 0 Å². The Balaban J connectivity index is 2.16. The maximum Gasteiger partial charge on any atom is 0.294 e. The second kappa shape index (κ2) is 6.20. The third-order valence-electron chi connectivity index (χ3n) is 3.88. The number of ketones is 1. The second-order valence-corrected chi connectivity index (χ2v) is 6.34. The molecule has 2 aromatic carbocycles. The number of halogens is 2. The van der Waals surface area contributed by atoms with Gasteiger partial charge in [0.1, 0.15) is 5.82 Å². The van der Waals surface area contributed by atoms with Crippen LogP contribution in [0.1, 0.15) is 18.5 Å². The van der Waals surface area contributed by atoms with Crippen molar-refractivity contribution in [2.45, 2.75) is 13.0 Å². The van der Waals surface area contributed by atoms with E-state index >= 15 is 0 Å². The van der Waals surface area contributed by atoms with E-state index in [1.54, 1.807) is 24.3 Å². The van der Waals surface area contributed by atoms with Gasteiger partial charge in [0.15, 0.2) is 11.5 Å². The topological polar surface area (TPSA) is 57.6 Å². The predicted molar refractivity (Wildman–Crippen MR) is 91.1 cm³/mol. The van der Waals surface area contributed by atoms with Gasteiger partial charge in [-0.05, 0) is 48.9 Å². The Morgan fingerprint density at radius 2 is 1.71 bits per heavy atom. The lowest BCUT2D eigenvalue weighted by Crippen LogP contribution is -2.30. The first-order chi connectivity index (χ1) is 11.4. The number of Topliss-reactive ketones (excluding diaryl/α,β-unsaturated/α-hetero) is 1. The number of benzene rings is 2. The summed E-state index contributed by atoms with van der Waals surface area (Å²) in [5.41, 5.74) is 1.11. The maximum absolute atomic E-state index is 13.2. The van der Waals surface area contributed by atoms with E-state index in [4.69, 9.17) is 0 Å². The number of carbonyl (C=O) groups excluding carboxylic acids is 2. The minimum absolute atomic E-state index is 0.0339. The number of amides is 1.